The number of aromatic nitrogens is 10. The van der Waals surface area contributed by atoms with Crippen molar-refractivity contribution >= 4 is 137 Å². The highest BCUT2D eigenvalue weighted by Crippen LogP contribution is 2.38. The molecule has 12 aromatic rings. The summed E-state index contributed by atoms with van der Waals surface area (Å²) in [5, 5.41) is 14.7. The number of Topliss-reactive ketones (excluding diaryl/α,β-unsaturated/α-hetero) is 3. The number of carbonyl (C=O) groups excluding carboxylic acids is 4. The lowest BCUT2D eigenvalue weighted by atomic mass is 10.0. The van der Waals surface area contributed by atoms with Gasteiger partial charge in [-0.1, -0.05) is 129 Å². The van der Waals surface area contributed by atoms with Crippen molar-refractivity contribution in [2.24, 2.45) is 29.6 Å². The lowest BCUT2D eigenvalue weighted by Gasteiger charge is -2.08. The summed E-state index contributed by atoms with van der Waals surface area (Å²) in [6, 6.07) is 16.8. The number of ether oxygens (including phenoxy) is 1. The van der Waals surface area contributed by atoms with Crippen molar-refractivity contribution in [2.75, 3.05) is 0 Å². The minimum atomic E-state index is -0.337. The van der Waals surface area contributed by atoms with Crippen LogP contribution in [0.2, 0.25) is 0 Å². The van der Waals surface area contributed by atoms with Crippen molar-refractivity contribution in [2.45, 2.75) is 188 Å². The van der Waals surface area contributed by atoms with Crippen molar-refractivity contribution in [3.05, 3.63) is 181 Å². The lowest BCUT2D eigenvalue weighted by Crippen LogP contribution is -2.14. The second-order valence-corrected chi connectivity index (χ2v) is 38.4. The molecule has 0 unspecified atom stereocenters. The van der Waals surface area contributed by atoms with Gasteiger partial charge in [-0.2, -0.15) is 0 Å². The van der Waals surface area contributed by atoms with Gasteiger partial charge in [0.05, 0.1) is 11.8 Å². The van der Waals surface area contributed by atoms with Gasteiger partial charge in [0.15, 0.2) is 73.1 Å². The van der Waals surface area contributed by atoms with Crippen molar-refractivity contribution in [1.29, 1.82) is 0 Å². The van der Waals surface area contributed by atoms with Crippen molar-refractivity contribution in [3.63, 3.8) is 0 Å². The zero-order chi connectivity index (χ0) is 74.7. The van der Waals surface area contributed by atoms with E-state index in [0.29, 0.717) is 78.0 Å². The van der Waals surface area contributed by atoms with Crippen molar-refractivity contribution in [1.82, 2.24) is 49.8 Å². The number of benzene rings is 2. The highest BCUT2D eigenvalue weighted by Gasteiger charge is 2.27. The number of rotatable bonds is 29. The van der Waals surface area contributed by atoms with Crippen LogP contribution in [0.15, 0.2) is 95.7 Å². The highest BCUT2D eigenvalue weighted by molar-refractivity contribution is 7.23. The minimum Gasteiger partial charge on any atom is -0.458 e. The van der Waals surface area contributed by atoms with Gasteiger partial charge in [-0.3, -0.25) is 14.4 Å². The minimum absolute atomic E-state index is 0.0963. The van der Waals surface area contributed by atoms with Gasteiger partial charge < -0.3 is 4.74 Å². The van der Waals surface area contributed by atoms with Gasteiger partial charge in [-0.25, -0.2) is 54.6 Å². The zero-order valence-electron chi connectivity index (χ0n) is 62.1. The first-order valence-corrected chi connectivity index (χ1v) is 43.5. The van der Waals surface area contributed by atoms with Gasteiger partial charge in [0.25, 0.3) is 0 Å². The van der Waals surface area contributed by atoms with E-state index in [1.54, 1.807) is 126 Å². The van der Waals surface area contributed by atoms with E-state index in [2.05, 4.69) is 167 Å². The third-order valence-corrected chi connectivity index (χ3v) is 25.7. The molecule has 10 aromatic heterocycles. The van der Waals surface area contributed by atoms with Crippen molar-refractivity contribution in [3.8, 4) is 50.1 Å². The maximum Gasteiger partial charge on any atom is 0.358 e. The molecule has 0 aliphatic rings. The topological polar surface area (TPSA) is 206 Å². The Kier molecular flexibility index (Phi) is 30.6. The van der Waals surface area contributed by atoms with Crippen LogP contribution >= 0.6 is 113 Å². The average Bonchev–Trinajstić information content (AvgIpc) is 1.69. The number of aryl methyl sites for hydroxylation is 7. The molecule has 0 bridgehead atoms. The number of hydrogen-bond acceptors (Lipinski definition) is 25. The van der Waals surface area contributed by atoms with Gasteiger partial charge in [0.1, 0.15) is 17.1 Å². The second-order valence-electron chi connectivity index (χ2n) is 27.8. The summed E-state index contributed by atoms with van der Waals surface area (Å²) < 4.78 is 5.30. The maximum absolute atomic E-state index is 13.3. The molecule has 104 heavy (non-hydrogen) atoms. The van der Waals surface area contributed by atoms with Crippen LogP contribution in [-0.2, 0) is 56.1 Å². The number of carbonyl (C=O) groups is 4. The van der Waals surface area contributed by atoms with Gasteiger partial charge in [0, 0.05) is 101 Å². The van der Waals surface area contributed by atoms with Crippen LogP contribution in [0.4, 0.5) is 0 Å². The van der Waals surface area contributed by atoms with E-state index in [4.69, 9.17) is 19.7 Å². The fourth-order valence-electron chi connectivity index (χ4n) is 10.6. The Morgan fingerprint density at radius 1 is 0.346 bits per heavy atom. The molecule has 25 heteroatoms. The molecular weight excluding hydrogens is 1490 g/mol. The smallest absolute Gasteiger partial charge is 0.358 e. The van der Waals surface area contributed by atoms with Crippen molar-refractivity contribution < 1.29 is 23.9 Å². The predicted molar refractivity (Wildman–Crippen MR) is 439 cm³/mol. The molecule has 0 amide bonds. The molecule has 0 aliphatic carbocycles. The lowest BCUT2D eigenvalue weighted by molar-refractivity contribution is 0.0370. The van der Waals surface area contributed by atoms with E-state index in [0.717, 1.165) is 130 Å². The van der Waals surface area contributed by atoms with Gasteiger partial charge in [-0.15, -0.1) is 113 Å². The Hall–Kier alpha value is -6.78. The average molecular weight is 1580 g/mol. The molecule has 15 nitrogen and oxygen atoms in total. The molecule has 2 aromatic carbocycles. The summed E-state index contributed by atoms with van der Waals surface area (Å²) in [6.45, 7) is 33.6. The molecule has 12 rings (SSSR count). The van der Waals surface area contributed by atoms with Crippen LogP contribution in [0, 0.1) is 57.3 Å². The molecule has 0 N–H and O–H groups in total. The summed E-state index contributed by atoms with van der Waals surface area (Å²) in [5.41, 5.74) is 8.27. The molecule has 0 saturated carbocycles. The SMILES string of the molecule is CC(C)Cc1sc(-c2nccs2)nc1CCC(=O)c1nc(-c2nccs2)sc1CC(C)C.Cc1ccc(CCC(=O)c2nc(-c3ncc(C)s3)sc2CC(C)C)cc1.Cc1ccc(CCC(=O)c2nc(-c3nccs3)sc2CC(C)C)cc1.Cc1cnc(-c2nc(C(=O)OC(C)C)c(CC(C)C)s2)s1. The fourth-order valence-corrected chi connectivity index (χ4v) is 20.7. The predicted octanol–water partition coefficient (Wildman–Crippen LogP) is 22.9. The van der Waals surface area contributed by atoms with Crippen LogP contribution in [-0.4, -0.2) is 79.3 Å². The molecule has 10 heterocycles. The molecular formula is C79H92N10O5S10. The summed E-state index contributed by atoms with van der Waals surface area (Å²) in [6.07, 6.45) is 16.9. The van der Waals surface area contributed by atoms with E-state index < -0.39 is 0 Å². The van der Waals surface area contributed by atoms with E-state index in [-0.39, 0.29) is 29.4 Å². The largest absolute Gasteiger partial charge is 0.458 e. The van der Waals surface area contributed by atoms with Gasteiger partial charge in [0.2, 0.25) is 0 Å². The van der Waals surface area contributed by atoms with E-state index in [9.17, 15) is 19.2 Å². The van der Waals surface area contributed by atoms with Crippen LogP contribution in [0.3, 0.4) is 0 Å². The number of esters is 1. The van der Waals surface area contributed by atoms with Crippen LogP contribution in [0.5, 0.6) is 0 Å². The van der Waals surface area contributed by atoms with E-state index in [1.807, 2.05) is 62.4 Å². The molecule has 0 aliphatic heterocycles. The Morgan fingerprint density at radius 3 is 0.971 bits per heavy atom. The van der Waals surface area contributed by atoms with Crippen LogP contribution < -0.4 is 0 Å². The Labute approximate surface area is 652 Å². The molecule has 0 atom stereocenters. The Bertz CT molecular complexity index is 4680. The second kappa shape index (κ2) is 39.2. The molecule has 0 spiro atoms. The zero-order valence-corrected chi connectivity index (χ0v) is 70.2. The summed E-state index contributed by atoms with van der Waals surface area (Å²) in [5.74, 6) is 2.47. The standard InChI is InChI=1S/C23H26N4OS4.C21H24N2OS2.C20H22N2OS2.C15H20N2O2S2/c1-13(2)11-17-15(26-22(31-17)20-24-7-9-29-20)5-6-16(28)19-18(12-14(3)4)32-23(27-19)21-25-8-10-30-21;1-13(2)11-18-19(23-21(26-18)20-22-12-15(4)25-20)17(24)10-9-16-7-5-14(3)6-8-16;1-13(2)12-17-18(22-20(25-17)19-21-10-11-24-19)16(23)9-8-15-6-4-14(3)5-7-15;1-8(2)6-11-12(15(18)19-9(3)4)17-14(21-11)13-16-7-10(5)20-13/h7-10,13-14H,5-6,11-12H2,1-4H3;5-8,12-13H,9-11H2,1-4H3;4-7,10-11,13H,8-9,12H2,1-3H3;7-9H,6H2,1-5H3. The van der Waals surface area contributed by atoms with E-state index in [1.165, 1.54) is 27.1 Å². The number of hydrogen-bond donors (Lipinski definition) is 0. The first-order chi connectivity index (χ1) is 49.7. The Morgan fingerprint density at radius 2 is 0.654 bits per heavy atom. The summed E-state index contributed by atoms with van der Waals surface area (Å²) in [7, 11) is 0. The van der Waals surface area contributed by atoms with Gasteiger partial charge in [-0.05, 0) is 134 Å². The molecule has 548 valence electrons. The third kappa shape index (κ3) is 24.1. The normalized spacial score (nSPS) is 11.4. The molecule has 0 fully saturated rings. The van der Waals surface area contributed by atoms with Crippen LogP contribution in [0.25, 0.3) is 50.1 Å². The summed E-state index contributed by atoms with van der Waals surface area (Å²) in [4.78, 5) is 104. The maximum atomic E-state index is 13.3. The number of nitrogens with zero attached hydrogens (tertiary/aromatic N) is 10. The molecule has 0 saturated heterocycles. The Balaban J connectivity index is 0.000000163. The first-order valence-electron chi connectivity index (χ1n) is 35.2. The van der Waals surface area contributed by atoms with E-state index >= 15 is 0 Å². The fraction of sp³-hybridized carbons (Fsp3) is 0.418. The van der Waals surface area contributed by atoms with Gasteiger partial charge >= 0.3 is 5.97 Å². The first kappa shape index (κ1) is 81.3. The number of ketones is 3. The molecule has 0 radical (unpaired) electrons. The third-order valence-electron chi connectivity index (χ3n) is 15.4. The summed E-state index contributed by atoms with van der Waals surface area (Å²) >= 11 is 16.1. The van der Waals surface area contributed by atoms with Crippen LogP contribution in [0.1, 0.15) is 206 Å². The highest BCUT2D eigenvalue weighted by atomic mass is 32.1. The number of thiazole rings is 10. The monoisotopic (exact) mass is 1580 g/mol. The quantitative estimate of drug-likeness (QED) is 0.0316.